The number of halogens is 2. The highest BCUT2D eigenvalue weighted by Gasteiger charge is 2.19. The lowest BCUT2D eigenvalue weighted by Gasteiger charge is -2.16. The van der Waals surface area contributed by atoms with Crippen LogP contribution in [0.1, 0.15) is 20.7 Å². The molecule has 0 radical (unpaired) electrons. The topological polar surface area (TPSA) is 52.6 Å². The second-order valence-electron chi connectivity index (χ2n) is 4.83. The fraction of sp³-hybridized carbons (Fsp3) is 0.111. The molecule has 0 aliphatic heterocycles. The summed E-state index contributed by atoms with van der Waals surface area (Å²) in [4.78, 5) is 23.4. The Morgan fingerprint density at radius 1 is 0.708 bits per heavy atom. The highest BCUT2D eigenvalue weighted by molar-refractivity contribution is 6.22. The van der Waals surface area contributed by atoms with Gasteiger partial charge in [-0.05, 0) is 22.9 Å². The van der Waals surface area contributed by atoms with Crippen LogP contribution in [0.5, 0.6) is 11.5 Å². The number of rotatable bonds is 4. The second-order valence-corrected chi connectivity index (χ2v) is 4.83. The van der Waals surface area contributed by atoms with Crippen LogP contribution in [0, 0.1) is 0 Å². The van der Waals surface area contributed by atoms with Gasteiger partial charge in [0.25, 0.3) is 0 Å². The minimum absolute atomic E-state index is 0. The Morgan fingerprint density at radius 2 is 1.08 bits per heavy atom. The Bertz CT molecular complexity index is 833. The predicted octanol–water partition coefficient (Wildman–Crippen LogP) is 4.48. The van der Waals surface area contributed by atoms with Gasteiger partial charge in [0.2, 0.25) is 0 Å². The van der Waals surface area contributed by atoms with Crippen molar-refractivity contribution in [2.75, 3.05) is 14.2 Å². The van der Waals surface area contributed by atoms with E-state index in [1.807, 2.05) is 24.3 Å². The molecule has 0 unspecified atom stereocenters. The van der Waals surface area contributed by atoms with Gasteiger partial charge in [0.05, 0.1) is 14.2 Å². The molecule has 0 atom stereocenters. The maximum Gasteiger partial charge on any atom is 0.151 e. The molecule has 0 spiro atoms. The van der Waals surface area contributed by atoms with Gasteiger partial charge in [-0.1, -0.05) is 24.3 Å². The molecule has 0 amide bonds. The highest BCUT2D eigenvalue weighted by Crippen LogP contribution is 2.41. The predicted molar refractivity (Wildman–Crippen MR) is 99.8 cm³/mol. The summed E-state index contributed by atoms with van der Waals surface area (Å²) in [5.41, 5.74) is 0.985. The summed E-state index contributed by atoms with van der Waals surface area (Å²) < 4.78 is 10.8. The van der Waals surface area contributed by atoms with Crippen molar-refractivity contribution in [2.24, 2.45) is 0 Å². The van der Waals surface area contributed by atoms with Crippen molar-refractivity contribution in [1.29, 1.82) is 0 Å². The van der Waals surface area contributed by atoms with Crippen LogP contribution >= 0.6 is 24.8 Å². The van der Waals surface area contributed by atoms with Crippen molar-refractivity contribution in [3.63, 3.8) is 0 Å². The molecule has 0 aromatic heterocycles. The Labute approximate surface area is 151 Å². The van der Waals surface area contributed by atoms with E-state index in [-0.39, 0.29) is 24.8 Å². The SMILES string of the molecule is COc1ccc(OC)c2c(C=O)c3ccccc3c(C=O)c12.Cl.Cl. The van der Waals surface area contributed by atoms with Gasteiger partial charge in [0.15, 0.2) is 12.6 Å². The number of carbonyl (C=O) groups excluding carboxylic acids is 2. The number of ether oxygens (including phenoxy) is 2. The Balaban J connectivity index is 0.00000144. The molecule has 4 nitrogen and oxygen atoms in total. The van der Waals surface area contributed by atoms with E-state index in [1.54, 1.807) is 12.1 Å². The first kappa shape index (κ1) is 19.7. The van der Waals surface area contributed by atoms with Gasteiger partial charge in [0.1, 0.15) is 11.5 Å². The molecule has 0 N–H and O–H groups in total. The molecule has 3 rings (SSSR count). The first-order valence-corrected chi connectivity index (χ1v) is 6.76. The summed E-state index contributed by atoms with van der Waals surface area (Å²) in [6.45, 7) is 0. The zero-order valence-corrected chi connectivity index (χ0v) is 14.7. The molecule has 3 aromatic carbocycles. The zero-order valence-electron chi connectivity index (χ0n) is 13.1. The molecule has 3 aromatic rings. The number of benzene rings is 3. The van der Waals surface area contributed by atoms with Crippen LogP contribution < -0.4 is 9.47 Å². The molecular weight excluding hydrogens is 351 g/mol. The largest absolute Gasteiger partial charge is 0.496 e. The van der Waals surface area contributed by atoms with E-state index in [1.165, 1.54) is 14.2 Å². The van der Waals surface area contributed by atoms with Crippen molar-refractivity contribution < 1.29 is 19.1 Å². The molecule has 24 heavy (non-hydrogen) atoms. The third-order valence-electron chi connectivity index (χ3n) is 3.85. The fourth-order valence-electron chi connectivity index (χ4n) is 2.91. The molecule has 126 valence electrons. The van der Waals surface area contributed by atoms with E-state index in [0.717, 1.165) is 23.3 Å². The lowest BCUT2D eigenvalue weighted by molar-refractivity contribution is 0.111. The molecule has 0 saturated carbocycles. The second kappa shape index (κ2) is 7.99. The maximum atomic E-state index is 11.7. The summed E-state index contributed by atoms with van der Waals surface area (Å²) in [7, 11) is 3.07. The third-order valence-corrected chi connectivity index (χ3v) is 3.85. The maximum absolute atomic E-state index is 11.7. The van der Waals surface area contributed by atoms with Crippen LogP contribution in [-0.4, -0.2) is 26.8 Å². The third kappa shape index (κ3) is 2.79. The quantitative estimate of drug-likeness (QED) is 0.504. The summed E-state index contributed by atoms with van der Waals surface area (Å²) in [5.74, 6) is 1.07. The summed E-state index contributed by atoms with van der Waals surface area (Å²) in [6.07, 6.45) is 1.59. The van der Waals surface area contributed by atoms with Gasteiger partial charge in [-0.15, -0.1) is 24.8 Å². The van der Waals surface area contributed by atoms with Crippen molar-refractivity contribution in [1.82, 2.24) is 0 Å². The zero-order chi connectivity index (χ0) is 15.7. The first-order chi connectivity index (χ1) is 10.8. The van der Waals surface area contributed by atoms with E-state index in [4.69, 9.17) is 9.47 Å². The summed E-state index contributed by atoms with van der Waals surface area (Å²) >= 11 is 0. The lowest BCUT2D eigenvalue weighted by Crippen LogP contribution is -1.98. The summed E-state index contributed by atoms with van der Waals surface area (Å²) in [6, 6.07) is 10.8. The molecule has 0 saturated heterocycles. The van der Waals surface area contributed by atoms with Gasteiger partial charge in [0, 0.05) is 21.9 Å². The fourth-order valence-corrected chi connectivity index (χ4v) is 2.91. The van der Waals surface area contributed by atoms with Crippen molar-refractivity contribution in [3.05, 3.63) is 47.5 Å². The van der Waals surface area contributed by atoms with Crippen LogP contribution in [0.15, 0.2) is 36.4 Å². The van der Waals surface area contributed by atoms with Gasteiger partial charge < -0.3 is 9.47 Å². The van der Waals surface area contributed by atoms with Gasteiger partial charge >= 0.3 is 0 Å². The number of aldehydes is 2. The van der Waals surface area contributed by atoms with Crippen molar-refractivity contribution >= 4 is 58.9 Å². The first-order valence-electron chi connectivity index (χ1n) is 6.76. The van der Waals surface area contributed by atoms with Crippen LogP contribution in [0.4, 0.5) is 0 Å². The Hall–Kier alpha value is -2.30. The molecule has 0 bridgehead atoms. The van der Waals surface area contributed by atoms with Crippen LogP contribution in [0.3, 0.4) is 0 Å². The molecule has 0 aliphatic carbocycles. The standard InChI is InChI=1S/C18H14O4.2ClH/c1-21-15-7-8-16(22-2)18-14(10-20)12-6-4-3-5-11(12)13(9-19)17(15)18;;/h3-10H,1-2H3;2*1H. The highest BCUT2D eigenvalue weighted by atomic mass is 35.5. The Morgan fingerprint density at radius 3 is 1.38 bits per heavy atom. The van der Waals surface area contributed by atoms with E-state index < -0.39 is 0 Å². The lowest BCUT2D eigenvalue weighted by atomic mass is 9.91. The van der Waals surface area contributed by atoms with Crippen LogP contribution in [0.2, 0.25) is 0 Å². The van der Waals surface area contributed by atoms with E-state index in [0.29, 0.717) is 33.4 Å². The van der Waals surface area contributed by atoms with E-state index in [2.05, 4.69) is 0 Å². The van der Waals surface area contributed by atoms with Crippen molar-refractivity contribution in [2.45, 2.75) is 0 Å². The van der Waals surface area contributed by atoms with Crippen molar-refractivity contribution in [3.8, 4) is 11.5 Å². The molecule has 6 heteroatoms. The van der Waals surface area contributed by atoms with Gasteiger partial charge in [-0.2, -0.15) is 0 Å². The molecule has 0 fully saturated rings. The molecule has 0 aliphatic rings. The Kier molecular flexibility index (Phi) is 6.58. The summed E-state index contributed by atoms with van der Waals surface area (Å²) in [5, 5.41) is 2.63. The average molecular weight is 367 g/mol. The number of carbonyl (C=O) groups is 2. The number of hydrogen-bond acceptors (Lipinski definition) is 4. The molecular formula is C18H16Cl2O4. The van der Waals surface area contributed by atoms with Crippen LogP contribution in [-0.2, 0) is 0 Å². The number of fused-ring (bicyclic) bond motifs is 2. The number of hydrogen-bond donors (Lipinski definition) is 0. The van der Waals surface area contributed by atoms with E-state index >= 15 is 0 Å². The van der Waals surface area contributed by atoms with Gasteiger partial charge in [-0.25, -0.2) is 0 Å². The smallest absolute Gasteiger partial charge is 0.151 e. The number of methoxy groups -OCH3 is 2. The van der Waals surface area contributed by atoms with Crippen LogP contribution in [0.25, 0.3) is 21.5 Å². The average Bonchev–Trinajstić information content (AvgIpc) is 2.58. The molecule has 0 heterocycles. The van der Waals surface area contributed by atoms with Gasteiger partial charge in [-0.3, -0.25) is 9.59 Å². The monoisotopic (exact) mass is 366 g/mol. The minimum atomic E-state index is 0. The van der Waals surface area contributed by atoms with E-state index in [9.17, 15) is 9.59 Å². The normalized spacial score (nSPS) is 9.75. The minimum Gasteiger partial charge on any atom is -0.496 e.